The van der Waals surface area contributed by atoms with E-state index >= 15 is 0 Å². The van der Waals surface area contributed by atoms with Crippen molar-refractivity contribution in [3.05, 3.63) is 59.9 Å². The number of carbonyl (C=O) groups excluding carboxylic acids is 2. The molecule has 0 atom stereocenters. The van der Waals surface area contributed by atoms with Gasteiger partial charge in [0.15, 0.2) is 0 Å². The van der Waals surface area contributed by atoms with Crippen molar-refractivity contribution < 1.29 is 9.59 Å². The topological polar surface area (TPSA) is 83.5 Å². The number of anilines is 1. The number of benzene rings is 1. The molecule has 23 heavy (non-hydrogen) atoms. The highest BCUT2D eigenvalue weighted by atomic mass is 16.2. The smallest absolute Gasteiger partial charge is 0.271 e. The maximum Gasteiger partial charge on any atom is 0.271 e. The summed E-state index contributed by atoms with van der Waals surface area (Å²) in [5.74, 6) is -0.491. The Morgan fingerprint density at radius 2 is 1.91 bits per heavy atom. The van der Waals surface area contributed by atoms with E-state index in [1.54, 1.807) is 42.7 Å². The third kappa shape index (κ3) is 5.03. The molecule has 0 radical (unpaired) electrons. The van der Waals surface area contributed by atoms with Crippen LogP contribution >= 0.6 is 0 Å². The summed E-state index contributed by atoms with van der Waals surface area (Å²) in [5, 5.41) is 6.64. The molecule has 2 N–H and O–H groups in total. The molecule has 0 saturated heterocycles. The van der Waals surface area contributed by atoms with Crippen molar-refractivity contribution in [3.8, 4) is 0 Å². The zero-order chi connectivity index (χ0) is 16.7. The Hall–Kier alpha value is -3.02. The average molecular weight is 310 g/mol. The fraction of sp³-hybridized carbons (Fsp3) is 0.176. The van der Waals surface area contributed by atoms with Crippen LogP contribution in [0.3, 0.4) is 0 Å². The van der Waals surface area contributed by atoms with E-state index in [1.165, 1.54) is 6.21 Å². The van der Waals surface area contributed by atoms with Gasteiger partial charge in [-0.3, -0.25) is 14.6 Å². The Kier molecular flexibility index (Phi) is 5.57. The van der Waals surface area contributed by atoms with Crippen LogP contribution in [0.1, 0.15) is 29.8 Å². The lowest BCUT2D eigenvalue weighted by Gasteiger charge is -2.08. The van der Waals surface area contributed by atoms with Gasteiger partial charge in [-0.2, -0.15) is 5.10 Å². The van der Waals surface area contributed by atoms with Crippen molar-refractivity contribution >= 4 is 23.7 Å². The summed E-state index contributed by atoms with van der Waals surface area (Å²) in [6.07, 6.45) is 4.82. The molecule has 2 aromatic rings. The third-order valence-electron chi connectivity index (χ3n) is 3.00. The molecule has 1 aromatic heterocycles. The number of hydrogen-bond acceptors (Lipinski definition) is 4. The molecule has 0 spiro atoms. The van der Waals surface area contributed by atoms with E-state index in [0.717, 1.165) is 5.56 Å². The first-order valence-electron chi connectivity index (χ1n) is 7.20. The van der Waals surface area contributed by atoms with Crippen molar-refractivity contribution in [2.75, 3.05) is 5.32 Å². The summed E-state index contributed by atoms with van der Waals surface area (Å²) in [6, 6.07) is 10.2. The summed E-state index contributed by atoms with van der Waals surface area (Å²) < 4.78 is 0. The number of hydrogen-bond donors (Lipinski definition) is 2. The number of nitrogens with one attached hydrogen (secondary N) is 2. The largest absolute Gasteiger partial charge is 0.326 e. The fourth-order valence-corrected chi connectivity index (χ4v) is 1.67. The van der Waals surface area contributed by atoms with Gasteiger partial charge in [0.1, 0.15) is 0 Å². The average Bonchev–Trinajstić information content (AvgIpc) is 2.56. The zero-order valence-electron chi connectivity index (χ0n) is 13.0. The van der Waals surface area contributed by atoms with Crippen molar-refractivity contribution in [2.45, 2.75) is 13.8 Å². The number of hydrazone groups is 1. The SMILES string of the molecule is CC(C)C(=O)Nc1ccc(C(=O)NN=Cc2cccnc2)cc1. The summed E-state index contributed by atoms with van der Waals surface area (Å²) in [5.41, 5.74) is 4.34. The lowest BCUT2D eigenvalue weighted by atomic mass is 10.1. The summed E-state index contributed by atoms with van der Waals surface area (Å²) in [7, 11) is 0. The summed E-state index contributed by atoms with van der Waals surface area (Å²) in [6.45, 7) is 3.63. The van der Waals surface area contributed by atoms with Crippen LogP contribution in [0.5, 0.6) is 0 Å². The molecule has 2 amide bonds. The summed E-state index contributed by atoms with van der Waals surface area (Å²) >= 11 is 0. The van der Waals surface area contributed by atoms with Crippen LogP contribution in [0.25, 0.3) is 0 Å². The number of aromatic nitrogens is 1. The van der Waals surface area contributed by atoms with E-state index in [4.69, 9.17) is 0 Å². The molecule has 118 valence electrons. The molecule has 0 saturated carbocycles. The Balaban J connectivity index is 1.92. The number of pyridine rings is 1. The van der Waals surface area contributed by atoms with Crippen LogP contribution in [0, 0.1) is 5.92 Å². The van der Waals surface area contributed by atoms with Crippen LogP contribution in [0.15, 0.2) is 53.9 Å². The van der Waals surface area contributed by atoms with Crippen LogP contribution < -0.4 is 10.7 Å². The second kappa shape index (κ2) is 7.84. The van der Waals surface area contributed by atoms with E-state index < -0.39 is 0 Å². The quantitative estimate of drug-likeness (QED) is 0.657. The molecule has 0 aliphatic carbocycles. The van der Waals surface area contributed by atoms with Gasteiger partial charge < -0.3 is 5.32 Å². The van der Waals surface area contributed by atoms with Gasteiger partial charge in [0.05, 0.1) is 6.21 Å². The first kappa shape index (κ1) is 16.4. The molecular weight excluding hydrogens is 292 g/mol. The predicted octanol–water partition coefficient (Wildman–Crippen LogP) is 2.44. The molecule has 0 fully saturated rings. The van der Waals surface area contributed by atoms with Gasteiger partial charge in [-0.05, 0) is 30.3 Å². The molecule has 1 aromatic carbocycles. The van der Waals surface area contributed by atoms with Crippen molar-refractivity contribution in [3.63, 3.8) is 0 Å². The second-order valence-corrected chi connectivity index (χ2v) is 5.21. The van der Waals surface area contributed by atoms with E-state index in [0.29, 0.717) is 11.3 Å². The minimum atomic E-state index is -0.327. The number of nitrogens with zero attached hydrogens (tertiary/aromatic N) is 2. The highest BCUT2D eigenvalue weighted by Gasteiger charge is 2.08. The standard InChI is InChI=1S/C17H18N4O2/c1-12(2)16(22)20-15-7-5-14(6-8-15)17(23)21-19-11-13-4-3-9-18-10-13/h3-12H,1-2H3,(H,20,22)(H,21,23). The van der Waals surface area contributed by atoms with Crippen molar-refractivity contribution in [2.24, 2.45) is 11.0 Å². The molecule has 6 nitrogen and oxygen atoms in total. The predicted molar refractivity (Wildman–Crippen MR) is 89.2 cm³/mol. The fourth-order valence-electron chi connectivity index (χ4n) is 1.67. The molecule has 0 bridgehead atoms. The highest BCUT2D eigenvalue weighted by Crippen LogP contribution is 2.11. The number of carbonyl (C=O) groups is 2. The minimum Gasteiger partial charge on any atom is -0.326 e. The molecule has 2 rings (SSSR count). The normalized spacial score (nSPS) is 10.7. The third-order valence-corrected chi connectivity index (χ3v) is 3.00. The van der Waals surface area contributed by atoms with E-state index in [9.17, 15) is 9.59 Å². The van der Waals surface area contributed by atoms with Crippen molar-refractivity contribution in [1.82, 2.24) is 10.4 Å². The maximum absolute atomic E-state index is 11.9. The van der Waals surface area contributed by atoms with E-state index in [2.05, 4.69) is 20.8 Å². The number of rotatable bonds is 5. The summed E-state index contributed by atoms with van der Waals surface area (Å²) in [4.78, 5) is 27.5. The number of amides is 2. The zero-order valence-corrected chi connectivity index (χ0v) is 13.0. The molecular formula is C17H18N4O2. The van der Waals surface area contributed by atoms with E-state index in [1.807, 2.05) is 19.9 Å². The molecule has 0 aliphatic heterocycles. The van der Waals surface area contributed by atoms with Crippen LogP contribution in [-0.4, -0.2) is 23.0 Å². The Morgan fingerprint density at radius 3 is 2.52 bits per heavy atom. The minimum absolute atomic E-state index is 0.0664. The lowest BCUT2D eigenvalue weighted by Crippen LogP contribution is -2.19. The van der Waals surface area contributed by atoms with Gasteiger partial charge >= 0.3 is 0 Å². The van der Waals surface area contributed by atoms with Gasteiger partial charge in [-0.25, -0.2) is 5.43 Å². The molecule has 0 unspecified atom stereocenters. The lowest BCUT2D eigenvalue weighted by molar-refractivity contribution is -0.118. The van der Waals surface area contributed by atoms with Gasteiger partial charge in [0.25, 0.3) is 5.91 Å². The Bertz CT molecular complexity index is 694. The Labute approximate surface area is 134 Å². The highest BCUT2D eigenvalue weighted by molar-refractivity contribution is 5.96. The van der Waals surface area contributed by atoms with Gasteiger partial charge in [0, 0.05) is 35.1 Å². The maximum atomic E-state index is 11.9. The van der Waals surface area contributed by atoms with Crippen molar-refractivity contribution in [1.29, 1.82) is 0 Å². The van der Waals surface area contributed by atoms with Gasteiger partial charge in [0.2, 0.25) is 5.91 Å². The molecule has 1 heterocycles. The first-order chi connectivity index (χ1) is 11.1. The monoisotopic (exact) mass is 310 g/mol. The first-order valence-corrected chi connectivity index (χ1v) is 7.20. The molecule has 6 heteroatoms. The molecule has 0 aliphatic rings. The Morgan fingerprint density at radius 1 is 1.17 bits per heavy atom. The van der Waals surface area contributed by atoms with E-state index in [-0.39, 0.29) is 17.7 Å². The van der Waals surface area contributed by atoms with Crippen LogP contribution in [0.4, 0.5) is 5.69 Å². The van der Waals surface area contributed by atoms with Gasteiger partial charge in [-0.1, -0.05) is 19.9 Å². The van der Waals surface area contributed by atoms with Gasteiger partial charge in [-0.15, -0.1) is 0 Å². The van der Waals surface area contributed by atoms with Crippen LogP contribution in [-0.2, 0) is 4.79 Å². The second-order valence-electron chi connectivity index (χ2n) is 5.21. The van der Waals surface area contributed by atoms with Crippen LogP contribution in [0.2, 0.25) is 0 Å².